The molecule has 1 saturated carbocycles. The predicted octanol–water partition coefficient (Wildman–Crippen LogP) is 2.38. The fourth-order valence-electron chi connectivity index (χ4n) is 2.90. The Morgan fingerprint density at radius 1 is 1.27 bits per heavy atom. The van der Waals surface area contributed by atoms with Crippen molar-refractivity contribution in [2.75, 3.05) is 13.1 Å². The van der Waals surface area contributed by atoms with Crippen LogP contribution in [0.4, 0.5) is 0 Å². The van der Waals surface area contributed by atoms with Gasteiger partial charge in [0.15, 0.2) is 0 Å². The zero-order valence-electron chi connectivity index (χ0n) is 9.80. The molecule has 1 N–H and O–H groups in total. The average molecular weight is 209 g/mol. The van der Waals surface area contributed by atoms with Crippen molar-refractivity contribution >= 4 is 5.78 Å². The van der Waals surface area contributed by atoms with Crippen LogP contribution in [0.25, 0.3) is 0 Å². The Bertz CT molecular complexity index is 223. The maximum atomic E-state index is 12.0. The number of carbonyl (C=O) groups excluding carboxylic acids is 1. The first-order chi connectivity index (χ1) is 7.29. The van der Waals surface area contributed by atoms with Gasteiger partial charge in [0.05, 0.1) is 0 Å². The van der Waals surface area contributed by atoms with Gasteiger partial charge in [-0.3, -0.25) is 4.79 Å². The first-order valence-electron chi connectivity index (χ1n) is 6.53. The SMILES string of the molecule is CCC1CCCC(C(=O)CC2CNC2)C1. The average Bonchev–Trinajstić information content (AvgIpc) is 2.23. The van der Waals surface area contributed by atoms with Crippen molar-refractivity contribution < 1.29 is 4.79 Å². The van der Waals surface area contributed by atoms with Crippen LogP contribution in [0, 0.1) is 17.8 Å². The summed E-state index contributed by atoms with van der Waals surface area (Å²) in [5.41, 5.74) is 0. The van der Waals surface area contributed by atoms with Crippen LogP contribution < -0.4 is 5.32 Å². The molecule has 0 aromatic heterocycles. The van der Waals surface area contributed by atoms with E-state index in [0.717, 1.165) is 31.8 Å². The number of nitrogens with one attached hydrogen (secondary N) is 1. The van der Waals surface area contributed by atoms with Gasteiger partial charge in [0.1, 0.15) is 5.78 Å². The summed E-state index contributed by atoms with van der Waals surface area (Å²) in [5.74, 6) is 2.44. The first-order valence-corrected chi connectivity index (χ1v) is 6.53. The summed E-state index contributed by atoms with van der Waals surface area (Å²) < 4.78 is 0. The molecule has 1 saturated heterocycles. The molecular formula is C13H23NO. The molecule has 2 rings (SSSR count). The third kappa shape index (κ3) is 2.81. The van der Waals surface area contributed by atoms with Crippen LogP contribution in [-0.4, -0.2) is 18.9 Å². The van der Waals surface area contributed by atoms with Gasteiger partial charge in [-0.25, -0.2) is 0 Å². The molecule has 0 radical (unpaired) electrons. The quantitative estimate of drug-likeness (QED) is 0.770. The van der Waals surface area contributed by atoms with Crippen molar-refractivity contribution in [3.63, 3.8) is 0 Å². The molecule has 2 aliphatic rings. The maximum Gasteiger partial charge on any atom is 0.136 e. The first kappa shape index (κ1) is 11.1. The molecule has 2 unspecified atom stereocenters. The normalized spacial score (nSPS) is 32.3. The Hall–Kier alpha value is -0.370. The van der Waals surface area contributed by atoms with Crippen molar-refractivity contribution in [2.24, 2.45) is 17.8 Å². The van der Waals surface area contributed by atoms with E-state index in [9.17, 15) is 4.79 Å². The Balaban J connectivity index is 1.78. The maximum absolute atomic E-state index is 12.0. The van der Waals surface area contributed by atoms with Gasteiger partial charge in [0.2, 0.25) is 0 Å². The number of carbonyl (C=O) groups is 1. The highest BCUT2D eigenvalue weighted by atomic mass is 16.1. The molecule has 0 bridgehead atoms. The molecule has 2 heteroatoms. The summed E-state index contributed by atoms with van der Waals surface area (Å²) >= 11 is 0. The Morgan fingerprint density at radius 3 is 2.67 bits per heavy atom. The molecule has 86 valence electrons. The molecule has 2 atom stereocenters. The second kappa shape index (κ2) is 5.11. The van der Waals surface area contributed by atoms with E-state index >= 15 is 0 Å². The Kier molecular flexibility index (Phi) is 3.79. The van der Waals surface area contributed by atoms with Gasteiger partial charge in [-0.1, -0.05) is 26.2 Å². The second-order valence-corrected chi connectivity index (χ2v) is 5.33. The largest absolute Gasteiger partial charge is 0.316 e. The summed E-state index contributed by atoms with van der Waals surface area (Å²) in [7, 11) is 0. The molecule has 2 nitrogen and oxygen atoms in total. The second-order valence-electron chi connectivity index (χ2n) is 5.33. The van der Waals surface area contributed by atoms with Crippen molar-refractivity contribution in [3.05, 3.63) is 0 Å². The molecule has 1 aliphatic carbocycles. The summed E-state index contributed by atoms with van der Waals surface area (Å²) in [6.45, 7) is 4.39. The highest BCUT2D eigenvalue weighted by Gasteiger charge is 2.29. The lowest BCUT2D eigenvalue weighted by Gasteiger charge is -2.31. The van der Waals surface area contributed by atoms with Crippen molar-refractivity contribution in [2.45, 2.75) is 45.4 Å². The number of hydrogen-bond acceptors (Lipinski definition) is 2. The molecule has 1 aliphatic heterocycles. The minimum atomic E-state index is 0.407. The minimum absolute atomic E-state index is 0.407. The lowest BCUT2D eigenvalue weighted by atomic mass is 9.76. The standard InChI is InChI=1S/C13H23NO/c1-2-10-4-3-5-12(6-10)13(15)7-11-8-14-9-11/h10-12,14H,2-9H2,1H3. The molecule has 2 fully saturated rings. The van der Waals surface area contributed by atoms with Crippen molar-refractivity contribution in [1.29, 1.82) is 0 Å². The number of ketones is 1. The summed E-state index contributed by atoms with van der Waals surface area (Å²) in [6.07, 6.45) is 7.07. The fraction of sp³-hybridized carbons (Fsp3) is 0.923. The van der Waals surface area contributed by atoms with Crippen LogP contribution in [0.15, 0.2) is 0 Å². The Labute approximate surface area is 92.8 Å². The van der Waals surface area contributed by atoms with E-state index in [1.54, 1.807) is 0 Å². The predicted molar refractivity (Wildman–Crippen MR) is 61.7 cm³/mol. The minimum Gasteiger partial charge on any atom is -0.316 e. The molecule has 0 aromatic carbocycles. The van der Waals surface area contributed by atoms with Crippen LogP contribution >= 0.6 is 0 Å². The summed E-state index contributed by atoms with van der Waals surface area (Å²) in [4.78, 5) is 12.0. The smallest absolute Gasteiger partial charge is 0.136 e. The highest BCUT2D eigenvalue weighted by Crippen LogP contribution is 2.32. The third-order valence-corrected chi connectivity index (χ3v) is 4.17. The zero-order chi connectivity index (χ0) is 10.7. The van der Waals surface area contributed by atoms with E-state index in [1.807, 2.05) is 0 Å². The fourth-order valence-corrected chi connectivity index (χ4v) is 2.90. The Morgan fingerprint density at radius 2 is 2.07 bits per heavy atom. The van der Waals surface area contributed by atoms with Crippen molar-refractivity contribution in [3.8, 4) is 0 Å². The van der Waals surface area contributed by atoms with Gasteiger partial charge in [-0.05, 0) is 37.8 Å². The molecule has 15 heavy (non-hydrogen) atoms. The van der Waals surface area contributed by atoms with Gasteiger partial charge in [0.25, 0.3) is 0 Å². The topological polar surface area (TPSA) is 29.1 Å². The van der Waals surface area contributed by atoms with E-state index in [-0.39, 0.29) is 0 Å². The molecule has 0 aromatic rings. The molecule has 0 amide bonds. The van der Waals surface area contributed by atoms with Gasteiger partial charge in [0, 0.05) is 12.3 Å². The van der Waals surface area contributed by atoms with Gasteiger partial charge < -0.3 is 5.32 Å². The monoisotopic (exact) mass is 209 g/mol. The van der Waals surface area contributed by atoms with Gasteiger partial charge in [-0.15, -0.1) is 0 Å². The zero-order valence-corrected chi connectivity index (χ0v) is 9.80. The van der Waals surface area contributed by atoms with Crippen LogP contribution in [0.3, 0.4) is 0 Å². The molecule has 1 heterocycles. The lowest BCUT2D eigenvalue weighted by molar-refractivity contribution is -0.125. The lowest BCUT2D eigenvalue weighted by Crippen LogP contribution is -2.43. The highest BCUT2D eigenvalue weighted by molar-refractivity contribution is 5.81. The van der Waals surface area contributed by atoms with Crippen molar-refractivity contribution in [1.82, 2.24) is 5.32 Å². The summed E-state index contributed by atoms with van der Waals surface area (Å²) in [6, 6.07) is 0. The number of rotatable bonds is 4. The van der Waals surface area contributed by atoms with Crippen LogP contribution in [0.5, 0.6) is 0 Å². The van der Waals surface area contributed by atoms with Crippen LogP contribution in [0.2, 0.25) is 0 Å². The molecule has 0 spiro atoms. The van der Waals surface area contributed by atoms with Crippen LogP contribution in [-0.2, 0) is 4.79 Å². The van der Waals surface area contributed by atoms with E-state index in [1.165, 1.54) is 25.7 Å². The summed E-state index contributed by atoms with van der Waals surface area (Å²) in [5, 5.41) is 3.24. The number of Topliss-reactive ketones (excluding diaryl/α,β-unsaturated/α-hetero) is 1. The van der Waals surface area contributed by atoms with E-state index in [0.29, 0.717) is 17.6 Å². The molecular weight excluding hydrogens is 186 g/mol. The van der Waals surface area contributed by atoms with E-state index in [2.05, 4.69) is 12.2 Å². The van der Waals surface area contributed by atoms with Crippen LogP contribution in [0.1, 0.15) is 45.4 Å². The van der Waals surface area contributed by atoms with Gasteiger partial charge >= 0.3 is 0 Å². The van der Waals surface area contributed by atoms with E-state index < -0.39 is 0 Å². The van der Waals surface area contributed by atoms with Gasteiger partial charge in [-0.2, -0.15) is 0 Å². The third-order valence-electron chi connectivity index (χ3n) is 4.17. The number of hydrogen-bond donors (Lipinski definition) is 1. The van der Waals surface area contributed by atoms with E-state index in [4.69, 9.17) is 0 Å².